The van der Waals surface area contributed by atoms with Gasteiger partial charge in [-0.05, 0) is 60.7 Å². The maximum absolute atomic E-state index is 5.06. The Morgan fingerprint density at radius 2 is 1.53 bits per heavy atom. The van der Waals surface area contributed by atoms with Gasteiger partial charge in [-0.1, -0.05) is 27.7 Å². The van der Waals surface area contributed by atoms with E-state index in [1.54, 1.807) is 18.8 Å². The second kappa shape index (κ2) is 6.93. The third-order valence-electron chi connectivity index (χ3n) is 2.39. The van der Waals surface area contributed by atoms with E-state index in [-0.39, 0.29) is 0 Å². The Kier molecular flexibility index (Phi) is 5.24. The summed E-state index contributed by atoms with van der Waals surface area (Å²) < 4.78 is 1.09. The Morgan fingerprint density at radius 1 is 1.00 bits per heavy atom. The van der Waals surface area contributed by atoms with Gasteiger partial charge in [0.2, 0.25) is 0 Å². The molecule has 2 N–H and O–H groups in total. The van der Waals surface area contributed by atoms with Crippen LogP contribution in [0.4, 0.5) is 5.69 Å². The van der Waals surface area contributed by atoms with Crippen molar-refractivity contribution in [2.24, 2.45) is 0 Å². The van der Waals surface area contributed by atoms with Crippen LogP contribution >= 0.6 is 39.9 Å². The number of nitrogens with one attached hydrogen (secondary N) is 2. The van der Waals surface area contributed by atoms with Crippen LogP contribution in [0.5, 0.6) is 0 Å². The number of benzene rings is 2. The van der Waals surface area contributed by atoms with Crippen molar-refractivity contribution in [2.75, 3.05) is 12.4 Å². The molecule has 2 aromatic carbocycles. The lowest BCUT2D eigenvalue weighted by Gasteiger charge is -2.08. The van der Waals surface area contributed by atoms with Crippen LogP contribution in [0.2, 0.25) is 0 Å². The normalized spacial score (nSPS) is 10.0. The number of halogens is 1. The molecule has 0 aliphatic carbocycles. The molecule has 0 radical (unpaired) electrons. The maximum Gasteiger partial charge on any atom is 0.170 e. The Balaban J connectivity index is 2.02. The predicted molar refractivity (Wildman–Crippen MR) is 90.0 cm³/mol. The zero-order valence-corrected chi connectivity index (χ0v) is 13.5. The molecule has 0 atom stereocenters. The molecule has 0 unspecified atom stereocenters. The minimum atomic E-state index is 0.619. The van der Waals surface area contributed by atoms with Gasteiger partial charge in [0.1, 0.15) is 0 Å². The average Bonchev–Trinajstić information content (AvgIpc) is 2.43. The molecule has 0 fully saturated rings. The minimum absolute atomic E-state index is 0.619. The van der Waals surface area contributed by atoms with Gasteiger partial charge in [-0.25, -0.2) is 0 Å². The van der Waals surface area contributed by atoms with Crippen LogP contribution in [0.15, 0.2) is 62.8 Å². The molecule has 2 nitrogen and oxygen atoms in total. The van der Waals surface area contributed by atoms with E-state index in [2.05, 4.69) is 50.8 Å². The molecule has 0 bridgehead atoms. The third kappa shape index (κ3) is 4.53. The molecule has 0 heterocycles. The first kappa shape index (κ1) is 14.4. The summed E-state index contributed by atoms with van der Waals surface area (Å²) in [7, 11) is 1.80. The van der Waals surface area contributed by atoms with E-state index in [9.17, 15) is 0 Å². The number of hydrogen-bond acceptors (Lipinski definition) is 2. The lowest BCUT2D eigenvalue weighted by molar-refractivity contribution is 1.20. The van der Waals surface area contributed by atoms with Crippen molar-refractivity contribution in [3.05, 3.63) is 53.0 Å². The molecule has 0 amide bonds. The Labute approximate surface area is 131 Å². The Bertz CT molecular complexity index is 553. The van der Waals surface area contributed by atoms with Crippen molar-refractivity contribution >= 4 is 50.7 Å². The summed E-state index contributed by atoms with van der Waals surface area (Å²) in [6, 6.07) is 16.5. The number of hydrogen-bond donors (Lipinski definition) is 2. The SMILES string of the molecule is CNC(=S)Nc1ccc(Sc2ccc(Br)cc2)cc1. The molecule has 2 rings (SSSR count). The monoisotopic (exact) mass is 352 g/mol. The van der Waals surface area contributed by atoms with E-state index in [4.69, 9.17) is 12.2 Å². The summed E-state index contributed by atoms with van der Waals surface area (Å²) >= 11 is 10.2. The highest BCUT2D eigenvalue weighted by Crippen LogP contribution is 2.29. The van der Waals surface area contributed by atoms with Gasteiger partial charge in [0, 0.05) is 27.0 Å². The van der Waals surface area contributed by atoms with Gasteiger partial charge in [0.05, 0.1) is 0 Å². The van der Waals surface area contributed by atoms with Gasteiger partial charge in [-0.2, -0.15) is 0 Å². The van der Waals surface area contributed by atoms with Gasteiger partial charge < -0.3 is 10.6 Å². The number of thiocarbonyl (C=S) groups is 1. The molecule has 0 saturated heterocycles. The molecule has 19 heavy (non-hydrogen) atoms. The quantitative estimate of drug-likeness (QED) is 0.793. The average molecular weight is 353 g/mol. The summed E-state index contributed by atoms with van der Waals surface area (Å²) in [5.74, 6) is 0. The van der Waals surface area contributed by atoms with Crippen molar-refractivity contribution in [3.63, 3.8) is 0 Å². The van der Waals surface area contributed by atoms with E-state index in [0.29, 0.717) is 5.11 Å². The first-order chi connectivity index (χ1) is 9.17. The van der Waals surface area contributed by atoms with Gasteiger partial charge in [-0.3, -0.25) is 0 Å². The first-order valence-electron chi connectivity index (χ1n) is 5.69. The molecular weight excluding hydrogens is 340 g/mol. The van der Waals surface area contributed by atoms with Crippen LogP contribution in [0.3, 0.4) is 0 Å². The van der Waals surface area contributed by atoms with Gasteiger partial charge in [0.25, 0.3) is 0 Å². The van der Waals surface area contributed by atoms with E-state index < -0.39 is 0 Å². The van der Waals surface area contributed by atoms with Crippen LogP contribution in [0.1, 0.15) is 0 Å². The molecule has 0 saturated carbocycles. The second-order valence-corrected chi connectivity index (χ2v) is 6.26. The summed E-state index contributed by atoms with van der Waals surface area (Å²) in [6.07, 6.45) is 0. The first-order valence-corrected chi connectivity index (χ1v) is 7.71. The highest BCUT2D eigenvalue weighted by molar-refractivity contribution is 9.10. The van der Waals surface area contributed by atoms with Crippen molar-refractivity contribution in [1.29, 1.82) is 0 Å². The molecule has 0 aliphatic heterocycles. The lowest BCUT2D eigenvalue weighted by Crippen LogP contribution is -2.23. The number of rotatable bonds is 3. The fraction of sp³-hybridized carbons (Fsp3) is 0.0714. The standard InChI is InChI=1S/C14H13BrN2S2/c1-16-14(18)17-11-4-8-13(9-5-11)19-12-6-2-10(15)3-7-12/h2-9H,1H3,(H2,16,17,18). The highest BCUT2D eigenvalue weighted by atomic mass is 79.9. The third-order valence-corrected chi connectivity index (χ3v) is 4.24. The Hall–Kier alpha value is -1.04. The smallest absolute Gasteiger partial charge is 0.170 e. The lowest BCUT2D eigenvalue weighted by atomic mass is 10.3. The van der Waals surface area contributed by atoms with Crippen molar-refractivity contribution < 1.29 is 0 Å². The Morgan fingerprint density at radius 3 is 2.05 bits per heavy atom. The van der Waals surface area contributed by atoms with Crippen LogP contribution in [-0.2, 0) is 0 Å². The molecule has 0 spiro atoms. The van der Waals surface area contributed by atoms with E-state index in [0.717, 1.165) is 10.2 Å². The maximum atomic E-state index is 5.06. The molecule has 0 aliphatic rings. The van der Waals surface area contributed by atoms with Crippen molar-refractivity contribution in [2.45, 2.75) is 9.79 Å². The highest BCUT2D eigenvalue weighted by Gasteiger charge is 1.99. The van der Waals surface area contributed by atoms with Crippen molar-refractivity contribution in [1.82, 2.24) is 5.32 Å². The van der Waals surface area contributed by atoms with Crippen LogP contribution < -0.4 is 10.6 Å². The summed E-state index contributed by atoms with van der Waals surface area (Å²) in [5, 5.41) is 6.60. The zero-order valence-electron chi connectivity index (χ0n) is 10.3. The molecule has 5 heteroatoms. The number of anilines is 1. The molecule has 98 valence electrons. The van der Waals surface area contributed by atoms with Crippen molar-refractivity contribution in [3.8, 4) is 0 Å². The van der Waals surface area contributed by atoms with Crippen LogP contribution in [-0.4, -0.2) is 12.2 Å². The molecule has 2 aromatic rings. The summed E-state index contributed by atoms with van der Waals surface area (Å²) in [5.41, 5.74) is 0.986. The minimum Gasteiger partial charge on any atom is -0.366 e. The van der Waals surface area contributed by atoms with Crippen LogP contribution in [0.25, 0.3) is 0 Å². The topological polar surface area (TPSA) is 24.1 Å². The fourth-order valence-corrected chi connectivity index (χ4v) is 2.64. The van der Waals surface area contributed by atoms with E-state index >= 15 is 0 Å². The second-order valence-electron chi connectivity index (χ2n) is 3.78. The van der Waals surface area contributed by atoms with Gasteiger partial charge in [0.15, 0.2) is 5.11 Å². The largest absolute Gasteiger partial charge is 0.366 e. The zero-order chi connectivity index (χ0) is 13.7. The van der Waals surface area contributed by atoms with Crippen LogP contribution in [0, 0.1) is 0 Å². The molecule has 0 aromatic heterocycles. The fourth-order valence-electron chi connectivity index (χ4n) is 1.44. The van der Waals surface area contributed by atoms with E-state index in [1.807, 2.05) is 24.3 Å². The van der Waals surface area contributed by atoms with E-state index in [1.165, 1.54) is 9.79 Å². The predicted octanol–water partition coefficient (Wildman–Crippen LogP) is 4.52. The summed E-state index contributed by atoms with van der Waals surface area (Å²) in [4.78, 5) is 2.41. The molecular formula is C14H13BrN2S2. The summed E-state index contributed by atoms with van der Waals surface area (Å²) in [6.45, 7) is 0. The van der Waals surface area contributed by atoms with Gasteiger partial charge in [-0.15, -0.1) is 0 Å². The van der Waals surface area contributed by atoms with Gasteiger partial charge >= 0.3 is 0 Å².